The SMILES string of the molecule is CC(Sc1cccc2cccnc12)C(=O)Nc1cc(Cl)c(Cl)cc1Cl. The number of aromatic nitrogens is 1. The number of para-hydroxylation sites is 1. The normalized spacial score (nSPS) is 12.2. The summed E-state index contributed by atoms with van der Waals surface area (Å²) in [5.41, 5.74) is 1.31. The third-order valence-corrected chi connectivity index (χ3v) is 5.72. The second kappa shape index (κ2) is 7.83. The Morgan fingerprint density at radius 3 is 2.60 bits per heavy atom. The lowest BCUT2D eigenvalue weighted by molar-refractivity contribution is -0.115. The first-order valence-electron chi connectivity index (χ1n) is 7.41. The third-order valence-electron chi connectivity index (χ3n) is 3.54. The first kappa shape index (κ1) is 18.3. The zero-order chi connectivity index (χ0) is 18.0. The van der Waals surface area contributed by atoms with Crippen molar-refractivity contribution in [2.24, 2.45) is 0 Å². The smallest absolute Gasteiger partial charge is 0.237 e. The molecule has 3 nitrogen and oxygen atoms in total. The average molecular weight is 412 g/mol. The highest BCUT2D eigenvalue weighted by Gasteiger charge is 2.18. The van der Waals surface area contributed by atoms with Crippen molar-refractivity contribution in [1.82, 2.24) is 4.98 Å². The van der Waals surface area contributed by atoms with Crippen molar-refractivity contribution < 1.29 is 4.79 Å². The summed E-state index contributed by atoms with van der Waals surface area (Å²) in [6.45, 7) is 1.83. The van der Waals surface area contributed by atoms with Gasteiger partial charge in [0.05, 0.1) is 31.5 Å². The van der Waals surface area contributed by atoms with Crippen LogP contribution in [0.3, 0.4) is 0 Å². The minimum atomic E-state index is -0.349. The highest BCUT2D eigenvalue weighted by molar-refractivity contribution is 8.00. The van der Waals surface area contributed by atoms with Gasteiger partial charge in [-0.1, -0.05) is 53.0 Å². The number of rotatable bonds is 4. The van der Waals surface area contributed by atoms with Gasteiger partial charge in [0.1, 0.15) is 0 Å². The van der Waals surface area contributed by atoms with Gasteiger partial charge in [0.15, 0.2) is 0 Å². The Kier molecular flexibility index (Phi) is 5.74. The van der Waals surface area contributed by atoms with E-state index >= 15 is 0 Å². The van der Waals surface area contributed by atoms with Crippen LogP contribution in [0.4, 0.5) is 5.69 Å². The number of thioether (sulfide) groups is 1. The lowest BCUT2D eigenvalue weighted by atomic mass is 10.2. The summed E-state index contributed by atoms with van der Waals surface area (Å²) in [6.07, 6.45) is 1.74. The van der Waals surface area contributed by atoms with Crippen LogP contribution in [0.1, 0.15) is 6.92 Å². The zero-order valence-corrected chi connectivity index (χ0v) is 16.2. The van der Waals surface area contributed by atoms with Gasteiger partial charge < -0.3 is 5.32 Å². The Labute approximate surface area is 164 Å². The first-order valence-corrected chi connectivity index (χ1v) is 9.43. The van der Waals surface area contributed by atoms with Crippen LogP contribution in [0.15, 0.2) is 53.6 Å². The molecule has 3 aromatic rings. The number of halogens is 3. The van der Waals surface area contributed by atoms with E-state index in [0.29, 0.717) is 20.8 Å². The van der Waals surface area contributed by atoms with Gasteiger partial charge in [-0.25, -0.2) is 0 Å². The van der Waals surface area contributed by atoms with Crippen molar-refractivity contribution in [3.63, 3.8) is 0 Å². The van der Waals surface area contributed by atoms with Crippen molar-refractivity contribution in [3.05, 3.63) is 63.7 Å². The monoisotopic (exact) mass is 410 g/mol. The molecule has 0 aliphatic heterocycles. The van der Waals surface area contributed by atoms with Crippen LogP contribution in [-0.4, -0.2) is 16.1 Å². The van der Waals surface area contributed by atoms with Gasteiger partial charge in [0.25, 0.3) is 0 Å². The summed E-state index contributed by atoms with van der Waals surface area (Å²) in [4.78, 5) is 17.9. The standard InChI is InChI=1S/C18H13Cl3N2OS/c1-10(18(24)23-15-9-13(20)12(19)8-14(15)21)25-16-6-2-4-11-5-3-7-22-17(11)16/h2-10H,1H3,(H,23,24). The highest BCUT2D eigenvalue weighted by atomic mass is 35.5. The molecule has 0 saturated heterocycles. The Balaban J connectivity index is 1.78. The van der Waals surface area contributed by atoms with E-state index < -0.39 is 0 Å². The number of carbonyl (C=O) groups excluding carboxylic acids is 1. The molecule has 2 aromatic carbocycles. The van der Waals surface area contributed by atoms with Gasteiger partial charge in [0, 0.05) is 16.5 Å². The molecule has 1 atom stereocenters. The van der Waals surface area contributed by atoms with E-state index in [1.54, 1.807) is 12.3 Å². The van der Waals surface area contributed by atoms with Crippen LogP contribution >= 0.6 is 46.6 Å². The van der Waals surface area contributed by atoms with E-state index in [1.165, 1.54) is 17.8 Å². The van der Waals surface area contributed by atoms with Gasteiger partial charge in [-0.3, -0.25) is 9.78 Å². The van der Waals surface area contributed by atoms with Crippen LogP contribution in [0.2, 0.25) is 15.1 Å². The number of nitrogens with one attached hydrogen (secondary N) is 1. The molecule has 0 spiro atoms. The van der Waals surface area contributed by atoms with E-state index in [9.17, 15) is 4.79 Å². The molecule has 0 saturated carbocycles. The minimum Gasteiger partial charge on any atom is -0.324 e. The molecule has 7 heteroatoms. The molecule has 1 aromatic heterocycles. The van der Waals surface area contributed by atoms with Gasteiger partial charge in [-0.2, -0.15) is 0 Å². The summed E-state index contributed by atoms with van der Waals surface area (Å²) in [5.74, 6) is -0.182. The van der Waals surface area contributed by atoms with E-state index in [-0.39, 0.29) is 11.2 Å². The summed E-state index contributed by atoms with van der Waals surface area (Å²) < 4.78 is 0. The lowest BCUT2D eigenvalue weighted by Gasteiger charge is -2.14. The van der Waals surface area contributed by atoms with Crippen molar-refractivity contribution in [2.75, 3.05) is 5.32 Å². The molecule has 128 valence electrons. The topological polar surface area (TPSA) is 42.0 Å². The maximum atomic E-state index is 12.5. The number of hydrogen-bond acceptors (Lipinski definition) is 3. The Morgan fingerprint density at radius 2 is 1.80 bits per heavy atom. The number of pyridine rings is 1. The number of fused-ring (bicyclic) bond motifs is 1. The number of carbonyl (C=O) groups is 1. The van der Waals surface area contributed by atoms with E-state index in [0.717, 1.165) is 15.8 Å². The molecule has 1 amide bonds. The molecule has 3 rings (SSSR count). The maximum Gasteiger partial charge on any atom is 0.237 e. The van der Waals surface area contributed by atoms with Crippen LogP contribution < -0.4 is 5.32 Å². The Bertz CT molecular complexity index is 944. The molecular weight excluding hydrogens is 399 g/mol. The van der Waals surface area contributed by atoms with Crippen molar-refractivity contribution >= 4 is 69.1 Å². The van der Waals surface area contributed by atoms with Crippen LogP contribution in [0.5, 0.6) is 0 Å². The molecule has 1 unspecified atom stereocenters. The fraction of sp³-hybridized carbons (Fsp3) is 0.111. The molecule has 1 N–H and O–H groups in total. The fourth-order valence-electron chi connectivity index (χ4n) is 2.27. The zero-order valence-electron chi connectivity index (χ0n) is 13.1. The van der Waals surface area contributed by atoms with Crippen LogP contribution in [-0.2, 0) is 4.79 Å². The fourth-order valence-corrected chi connectivity index (χ4v) is 3.85. The Hall–Kier alpha value is -1.46. The number of benzene rings is 2. The van der Waals surface area contributed by atoms with Gasteiger partial charge in [-0.05, 0) is 31.2 Å². The highest BCUT2D eigenvalue weighted by Crippen LogP contribution is 2.34. The number of hydrogen-bond donors (Lipinski definition) is 1. The van der Waals surface area contributed by atoms with Gasteiger partial charge in [-0.15, -0.1) is 11.8 Å². The largest absolute Gasteiger partial charge is 0.324 e. The number of anilines is 1. The van der Waals surface area contributed by atoms with Gasteiger partial charge >= 0.3 is 0 Å². The van der Waals surface area contributed by atoms with Crippen LogP contribution in [0.25, 0.3) is 10.9 Å². The molecule has 0 aliphatic carbocycles. The second-order valence-corrected chi connectivity index (χ2v) is 7.93. The van der Waals surface area contributed by atoms with Gasteiger partial charge in [0.2, 0.25) is 5.91 Å². The summed E-state index contributed by atoms with van der Waals surface area (Å²) in [5, 5.41) is 4.49. The van der Waals surface area contributed by atoms with Crippen molar-refractivity contribution in [1.29, 1.82) is 0 Å². The molecule has 25 heavy (non-hydrogen) atoms. The maximum absolute atomic E-state index is 12.5. The molecule has 0 bridgehead atoms. The third kappa shape index (κ3) is 4.21. The second-order valence-electron chi connectivity index (χ2n) is 5.33. The van der Waals surface area contributed by atoms with E-state index in [1.807, 2.05) is 37.3 Å². The molecule has 0 aliphatic rings. The minimum absolute atomic E-state index is 0.182. The average Bonchev–Trinajstić information content (AvgIpc) is 2.60. The first-order chi connectivity index (χ1) is 12.0. The van der Waals surface area contributed by atoms with Crippen LogP contribution in [0, 0.1) is 0 Å². The summed E-state index contributed by atoms with van der Waals surface area (Å²) in [6, 6.07) is 12.8. The molecule has 0 radical (unpaired) electrons. The molecular formula is C18H13Cl3N2OS. The quantitative estimate of drug-likeness (QED) is 0.404. The summed E-state index contributed by atoms with van der Waals surface area (Å²) >= 11 is 19.4. The predicted molar refractivity (Wildman–Crippen MR) is 107 cm³/mol. The van der Waals surface area contributed by atoms with Crippen molar-refractivity contribution in [3.8, 4) is 0 Å². The molecule has 0 fully saturated rings. The lowest BCUT2D eigenvalue weighted by Crippen LogP contribution is -2.22. The molecule has 1 heterocycles. The van der Waals surface area contributed by atoms with E-state index in [2.05, 4.69) is 10.3 Å². The van der Waals surface area contributed by atoms with E-state index in [4.69, 9.17) is 34.8 Å². The summed E-state index contributed by atoms with van der Waals surface area (Å²) in [7, 11) is 0. The Morgan fingerprint density at radius 1 is 1.08 bits per heavy atom. The number of nitrogens with zero attached hydrogens (tertiary/aromatic N) is 1. The van der Waals surface area contributed by atoms with Crippen molar-refractivity contribution in [2.45, 2.75) is 17.1 Å². The number of amides is 1. The predicted octanol–water partition coefficient (Wildman–Crippen LogP) is 6.31.